The number of hydrogen-bond donors (Lipinski definition) is 2. The Morgan fingerprint density at radius 1 is 1.22 bits per heavy atom. The molecule has 4 aromatic rings. The van der Waals surface area contributed by atoms with Crippen LogP contribution in [-0.2, 0) is 5.60 Å². The average Bonchev–Trinajstić information content (AvgIpc) is 3.25. The Morgan fingerprint density at radius 2 is 2.04 bits per heavy atom. The Bertz CT molecular complexity index is 1220. The van der Waals surface area contributed by atoms with Gasteiger partial charge in [0, 0.05) is 18.0 Å². The lowest BCUT2D eigenvalue weighted by Gasteiger charge is -2.22. The SMILES string of the molecule is CC(C)(O)c1cn2nccc2cc1NC(=O)c1ccc2cc(C#N)cnn12. The summed E-state index contributed by atoms with van der Waals surface area (Å²) in [5, 5.41) is 30.7. The number of carbonyl (C=O) groups is 1. The molecule has 8 heteroatoms. The van der Waals surface area contributed by atoms with E-state index in [1.165, 1.54) is 10.7 Å². The second-order valence-electron chi connectivity index (χ2n) is 6.73. The maximum Gasteiger partial charge on any atom is 0.274 e. The van der Waals surface area contributed by atoms with Crippen molar-refractivity contribution in [2.24, 2.45) is 0 Å². The first-order valence-corrected chi connectivity index (χ1v) is 8.26. The largest absolute Gasteiger partial charge is 0.386 e. The van der Waals surface area contributed by atoms with Crippen molar-refractivity contribution >= 4 is 22.6 Å². The smallest absolute Gasteiger partial charge is 0.274 e. The van der Waals surface area contributed by atoms with E-state index >= 15 is 0 Å². The van der Waals surface area contributed by atoms with E-state index in [1.807, 2.05) is 6.07 Å². The van der Waals surface area contributed by atoms with E-state index in [4.69, 9.17) is 5.26 Å². The highest BCUT2D eigenvalue weighted by atomic mass is 16.3. The van der Waals surface area contributed by atoms with E-state index in [-0.39, 0.29) is 5.91 Å². The Kier molecular flexibility index (Phi) is 3.68. The zero-order valence-corrected chi connectivity index (χ0v) is 14.7. The number of anilines is 1. The second kappa shape index (κ2) is 5.93. The van der Waals surface area contributed by atoms with Crippen molar-refractivity contribution in [1.29, 1.82) is 5.26 Å². The molecule has 0 saturated heterocycles. The Morgan fingerprint density at radius 3 is 2.78 bits per heavy atom. The highest BCUT2D eigenvalue weighted by molar-refractivity contribution is 6.04. The highest BCUT2D eigenvalue weighted by Crippen LogP contribution is 2.29. The van der Waals surface area contributed by atoms with Gasteiger partial charge in [0.2, 0.25) is 0 Å². The topological polar surface area (TPSA) is 108 Å². The van der Waals surface area contributed by atoms with Crippen LogP contribution < -0.4 is 5.32 Å². The van der Waals surface area contributed by atoms with Gasteiger partial charge in [-0.3, -0.25) is 4.79 Å². The molecule has 4 aromatic heterocycles. The highest BCUT2D eigenvalue weighted by Gasteiger charge is 2.23. The maximum absolute atomic E-state index is 12.9. The van der Waals surface area contributed by atoms with Gasteiger partial charge in [-0.25, -0.2) is 9.03 Å². The van der Waals surface area contributed by atoms with Crippen LogP contribution in [0.15, 0.2) is 48.9 Å². The van der Waals surface area contributed by atoms with Gasteiger partial charge in [-0.2, -0.15) is 15.5 Å². The molecule has 4 heterocycles. The first-order chi connectivity index (χ1) is 12.9. The molecule has 27 heavy (non-hydrogen) atoms. The summed E-state index contributed by atoms with van der Waals surface area (Å²) in [6, 6.07) is 10.6. The van der Waals surface area contributed by atoms with Gasteiger partial charge in [0.1, 0.15) is 11.8 Å². The number of carbonyl (C=O) groups excluding carboxylic acids is 1. The van der Waals surface area contributed by atoms with E-state index in [9.17, 15) is 9.90 Å². The minimum Gasteiger partial charge on any atom is -0.386 e. The van der Waals surface area contributed by atoms with Crippen molar-refractivity contribution in [3.63, 3.8) is 0 Å². The van der Waals surface area contributed by atoms with Crippen molar-refractivity contribution in [3.8, 4) is 6.07 Å². The van der Waals surface area contributed by atoms with Crippen LogP contribution in [0.2, 0.25) is 0 Å². The van der Waals surface area contributed by atoms with Gasteiger partial charge >= 0.3 is 0 Å². The average molecular weight is 360 g/mol. The van der Waals surface area contributed by atoms with Gasteiger partial charge in [0.25, 0.3) is 5.91 Å². The molecule has 0 spiro atoms. The number of hydrogen-bond acceptors (Lipinski definition) is 5. The summed E-state index contributed by atoms with van der Waals surface area (Å²) in [5.41, 5.74) is 2.02. The van der Waals surface area contributed by atoms with Crippen LogP contribution in [0.3, 0.4) is 0 Å². The van der Waals surface area contributed by atoms with Gasteiger partial charge in [0.15, 0.2) is 0 Å². The van der Waals surface area contributed by atoms with Crippen molar-refractivity contribution in [2.75, 3.05) is 5.32 Å². The summed E-state index contributed by atoms with van der Waals surface area (Å²) >= 11 is 0. The molecule has 0 unspecified atom stereocenters. The van der Waals surface area contributed by atoms with Crippen molar-refractivity contribution in [3.05, 3.63) is 65.7 Å². The molecule has 0 aliphatic carbocycles. The van der Waals surface area contributed by atoms with Gasteiger partial charge in [-0.1, -0.05) is 0 Å². The number of nitrogens with one attached hydrogen (secondary N) is 1. The summed E-state index contributed by atoms with van der Waals surface area (Å²) in [6.07, 6.45) is 4.75. The van der Waals surface area contributed by atoms with Crippen molar-refractivity contribution in [1.82, 2.24) is 19.2 Å². The predicted molar refractivity (Wildman–Crippen MR) is 98.3 cm³/mol. The number of pyridine rings is 1. The molecule has 0 saturated carbocycles. The van der Waals surface area contributed by atoms with Gasteiger partial charge in [-0.05, 0) is 44.2 Å². The summed E-state index contributed by atoms with van der Waals surface area (Å²) in [7, 11) is 0. The van der Waals surface area contributed by atoms with E-state index in [2.05, 4.69) is 15.5 Å². The summed E-state index contributed by atoms with van der Waals surface area (Å²) in [6.45, 7) is 3.29. The fourth-order valence-electron chi connectivity index (χ4n) is 2.97. The summed E-state index contributed by atoms with van der Waals surface area (Å²) < 4.78 is 3.11. The minimum atomic E-state index is -1.18. The lowest BCUT2D eigenvalue weighted by molar-refractivity contribution is 0.0787. The molecule has 1 amide bonds. The quantitative estimate of drug-likeness (QED) is 0.583. The van der Waals surface area contributed by atoms with E-state index in [1.54, 1.807) is 61.1 Å². The molecule has 0 aliphatic rings. The molecule has 0 bridgehead atoms. The van der Waals surface area contributed by atoms with Crippen LogP contribution in [0, 0.1) is 11.3 Å². The zero-order chi connectivity index (χ0) is 19.2. The molecule has 0 aliphatic heterocycles. The summed E-state index contributed by atoms with van der Waals surface area (Å²) in [4.78, 5) is 12.9. The number of amides is 1. The molecule has 2 N–H and O–H groups in total. The van der Waals surface area contributed by atoms with Crippen LogP contribution in [0.25, 0.3) is 11.0 Å². The third-order valence-corrected chi connectivity index (χ3v) is 4.30. The predicted octanol–water partition coefficient (Wildman–Crippen LogP) is 2.33. The molecule has 134 valence electrons. The Hall–Kier alpha value is -3.70. The lowest BCUT2D eigenvalue weighted by Crippen LogP contribution is -2.22. The third kappa shape index (κ3) is 2.90. The summed E-state index contributed by atoms with van der Waals surface area (Å²) in [5.74, 6) is -0.374. The van der Waals surface area contributed by atoms with Gasteiger partial charge in [-0.15, -0.1) is 0 Å². The number of rotatable bonds is 3. The standard InChI is InChI=1S/C19H16N6O2/c1-19(2,27)15-11-24-13(5-6-21-24)8-16(15)23-18(26)17-4-3-14-7-12(9-20)10-22-25(14)17/h3-8,10-11,27H,1-2H3,(H,23,26). The van der Waals surface area contributed by atoms with E-state index < -0.39 is 5.60 Å². The van der Waals surface area contributed by atoms with Gasteiger partial charge < -0.3 is 10.4 Å². The number of nitrogens with zero attached hydrogens (tertiary/aromatic N) is 5. The van der Waals surface area contributed by atoms with Crippen LogP contribution >= 0.6 is 0 Å². The number of aromatic nitrogens is 4. The van der Waals surface area contributed by atoms with E-state index in [0.717, 1.165) is 5.52 Å². The molecule has 0 aromatic carbocycles. The van der Waals surface area contributed by atoms with Crippen molar-refractivity contribution < 1.29 is 9.90 Å². The van der Waals surface area contributed by atoms with Crippen molar-refractivity contribution in [2.45, 2.75) is 19.4 Å². The lowest BCUT2D eigenvalue weighted by atomic mass is 9.98. The molecule has 4 rings (SSSR count). The fraction of sp³-hybridized carbons (Fsp3) is 0.158. The Balaban J connectivity index is 1.76. The van der Waals surface area contributed by atoms with E-state index in [0.29, 0.717) is 28.0 Å². The van der Waals surface area contributed by atoms with Crippen LogP contribution in [-0.4, -0.2) is 30.2 Å². The molecule has 0 fully saturated rings. The molecule has 0 atom stereocenters. The fourth-order valence-corrected chi connectivity index (χ4v) is 2.97. The number of nitriles is 1. The zero-order valence-electron chi connectivity index (χ0n) is 14.7. The Labute approximate surface area is 154 Å². The molecule has 0 radical (unpaired) electrons. The number of fused-ring (bicyclic) bond motifs is 2. The molecular formula is C19H16N6O2. The first-order valence-electron chi connectivity index (χ1n) is 8.26. The number of aliphatic hydroxyl groups is 1. The van der Waals surface area contributed by atoms with Crippen LogP contribution in [0.1, 0.15) is 35.5 Å². The molecule has 8 nitrogen and oxygen atoms in total. The monoisotopic (exact) mass is 360 g/mol. The minimum absolute atomic E-state index is 0.324. The normalized spacial score (nSPS) is 11.6. The van der Waals surface area contributed by atoms with Crippen LogP contribution in [0.4, 0.5) is 5.69 Å². The maximum atomic E-state index is 12.9. The second-order valence-corrected chi connectivity index (χ2v) is 6.73. The first kappa shape index (κ1) is 16.8. The van der Waals surface area contributed by atoms with Crippen LogP contribution in [0.5, 0.6) is 0 Å². The molecular weight excluding hydrogens is 344 g/mol. The van der Waals surface area contributed by atoms with Gasteiger partial charge in [0.05, 0.1) is 34.1 Å². The third-order valence-electron chi connectivity index (χ3n) is 4.30.